The van der Waals surface area contributed by atoms with Gasteiger partial charge in [0.2, 0.25) is 5.67 Å². The van der Waals surface area contributed by atoms with Gasteiger partial charge in [0.05, 0.1) is 19.8 Å². The number of methoxy groups -OCH3 is 1. The smallest absolute Gasteiger partial charge is 0.343 e. The number of carboxylic acids is 1. The summed E-state index contributed by atoms with van der Waals surface area (Å²) < 4.78 is 24.9. The lowest BCUT2D eigenvalue weighted by atomic mass is 10.1. The van der Waals surface area contributed by atoms with Gasteiger partial charge in [0.1, 0.15) is 0 Å². The van der Waals surface area contributed by atoms with Crippen LogP contribution in [0.3, 0.4) is 0 Å². The fourth-order valence-corrected chi connectivity index (χ4v) is 2.46. The molecule has 1 aliphatic rings. The van der Waals surface area contributed by atoms with Gasteiger partial charge in [-0.15, -0.1) is 0 Å². The minimum atomic E-state index is -2.37. The highest BCUT2D eigenvalue weighted by molar-refractivity contribution is 5.96. The Kier molecular flexibility index (Phi) is 4.77. The van der Waals surface area contributed by atoms with Gasteiger partial charge in [-0.1, -0.05) is 0 Å². The Hall–Kier alpha value is -2.31. The van der Waals surface area contributed by atoms with Crippen LogP contribution in [0.15, 0.2) is 18.2 Å². The number of benzene rings is 1. The Balaban J connectivity index is 2.19. The van der Waals surface area contributed by atoms with Crippen molar-refractivity contribution in [3.8, 4) is 11.5 Å². The molecule has 126 valence electrons. The number of rotatable bonds is 5. The Labute approximate surface area is 133 Å². The van der Waals surface area contributed by atoms with Crippen LogP contribution in [0.4, 0.5) is 4.39 Å². The van der Waals surface area contributed by atoms with Crippen molar-refractivity contribution in [1.29, 1.82) is 0 Å². The molecular weight excluding hydrogens is 305 g/mol. The molecule has 0 radical (unpaired) electrons. The summed E-state index contributed by atoms with van der Waals surface area (Å²) >= 11 is 0. The standard InChI is InChI=1S/C16H20FNO5/c1-10(2)23-12-5-4-11(8-13(12)22-3)14(19)18-7-6-16(17,9-18)15(20)21/h4-5,8,10H,6-7,9H2,1-3H3,(H,20,21). The number of likely N-dealkylation sites (tertiary alicyclic amines) is 1. The summed E-state index contributed by atoms with van der Waals surface area (Å²) in [7, 11) is 1.46. The number of hydrogen-bond donors (Lipinski definition) is 1. The van der Waals surface area contributed by atoms with Gasteiger partial charge >= 0.3 is 5.97 Å². The molecule has 0 bridgehead atoms. The van der Waals surface area contributed by atoms with Gasteiger partial charge < -0.3 is 19.5 Å². The zero-order chi connectivity index (χ0) is 17.2. The number of amides is 1. The SMILES string of the molecule is COc1cc(C(=O)N2CCC(F)(C(=O)O)C2)ccc1OC(C)C. The molecule has 0 aromatic heterocycles. The van der Waals surface area contributed by atoms with Gasteiger partial charge in [-0.3, -0.25) is 4.79 Å². The summed E-state index contributed by atoms with van der Waals surface area (Å²) in [6.45, 7) is 3.35. The van der Waals surface area contributed by atoms with Crippen molar-refractivity contribution in [2.24, 2.45) is 0 Å². The summed E-state index contributed by atoms with van der Waals surface area (Å²) in [6.07, 6.45) is -0.258. The fourth-order valence-electron chi connectivity index (χ4n) is 2.46. The van der Waals surface area contributed by atoms with E-state index in [0.717, 1.165) is 0 Å². The summed E-state index contributed by atoms with van der Waals surface area (Å²) in [6, 6.07) is 4.68. The Morgan fingerprint density at radius 1 is 1.35 bits per heavy atom. The van der Waals surface area contributed by atoms with Gasteiger partial charge in [0.15, 0.2) is 11.5 Å². The number of carbonyl (C=O) groups is 2. The van der Waals surface area contributed by atoms with E-state index >= 15 is 0 Å². The van der Waals surface area contributed by atoms with Crippen LogP contribution in [0.1, 0.15) is 30.6 Å². The average Bonchev–Trinajstić information content (AvgIpc) is 2.90. The summed E-state index contributed by atoms with van der Waals surface area (Å²) in [4.78, 5) is 24.6. The van der Waals surface area contributed by atoms with Crippen LogP contribution in [0, 0.1) is 0 Å². The second-order valence-electron chi connectivity index (χ2n) is 5.78. The molecule has 7 heteroatoms. The first-order chi connectivity index (χ1) is 10.8. The number of hydrogen-bond acceptors (Lipinski definition) is 4. The second kappa shape index (κ2) is 6.44. The zero-order valence-electron chi connectivity index (χ0n) is 13.3. The predicted octanol–water partition coefficient (Wildman–Crippen LogP) is 2.12. The summed E-state index contributed by atoms with van der Waals surface area (Å²) in [5, 5.41) is 8.90. The highest BCUT2D eigenvalue weighted by atomic mass is 19.1. The fraction of sp³-hybridized carbons (Fsp3) is 0.500. The predicted molar refractivity (Wildman–Crippen MR) is 80.8 cm³/mol. The van der Waals surface area contributed by atoms with Gasteiger partial charge in [0, 0.05) is 18.5 Å². The third-order valence-electron chi connectivity index (χ3n) is 3.66. The van der Waals surface area contributed by atoms with E-state index in [0.29, 0.717) is 17.1 Å². The molecule has 1 aliphatic heterocycles. The Morgan fingerprint density at radius 2 is 2.04 bits per heavy atom. The van der Waals surface area contributed by atoms with Crippen LogP contribution in [-0.2, 0) is 4.79 Å². The molecule has 1 atom stereocenters. The first kappa shape index (κ1) is 17.1. The van der Waals surface area contributed by atoms with Crippen LogP contribution >= 0.6 is 0 Å². The monoisotopic (exact) mass is 325 g/mol. The van der Waals surface area contributed by atoms with E-state index in [1.165, 1.54) is 18.1 Å². The van der Waals surface area contributed by atoms with Crippen molar-refractivity contribution in [2.45, 2.75) is 32.0 Å². The number of carbonyl (C=O) groups excluding carboxylic acids is 1. The maximum absolute atomic E-state index is 14.1. The largest absolute Gasteiger partial charge is 0.493 e. The van der Waals surface area contributed by atoms with E-state index in [-0.39, 0.29) is 19.1 Å². The number of aliphatic carboxylic acids is 1. The van der Waals surface area contributed by atoms with Crippen molar-refractivity contribution in [3.63, 3.8) is 0 Å². The van der Waals surface area contributed by atoms with E-state index in [1.807, 2.05) is 13.8 Å². The zero-order valence-corrected chi connectivity index (χ0v) is 13.3. The summed E-state index contributed by atoms with van der Waals surface area (Å²) in [5.74, 6) is -1.06. The van der Waals surface area contributed by atoms with E-state index in [9.17, 15) is 14.0 Å². The van der Waals surface area contributed by atoms with Crippen molar-refractivity contribution >= 4 is 11.9 Å². The summed E-state index contributed by atoms with van der Waals surface area (Å²) in [5.41, 5.74) is -2.08. The second-order valence-corrected chi connectivity index (χ2v) is 5.78. The Morgan fingerprint density at radius 3 is 2.57 bits per heavy atom. The molecule has 23 heavy (non-hydrogen) atoms. The van der Waals surface area contributed by atoms with Crippen LogP contribution in [0.5, 0.6) is 11.5 Å². The topological polar surface area (TPSA) is 76.1 Å². The molecule has 6 nitrogen and oxygen atoms in total. The van der Waals surface area contributed by atoms with Crippen LogP contribution in [-0.4, -0.2) is 53.9 Å². The Bertz CT molecular complexity index is 618. The molecule has 2 rings (SSSR count). The van der Waals surface area contributed by atoms with E-state index < -0.39 is 24.1 Å². The highest BCUT2D eigenvalue weighted by Crippen LogP contribution is 2.31. The maximum atomic E-state index is 14.1. The lowest BCUT2D eigenvalue weighted by Gasteiger charge is -2.19. The highest BCUT2D eigenvalue weighted by Gasteiger charge is 2.47. The number of halogens is 1. The molecule has 1 fully saturated rings. The minimum absolute atomic E-state index is 0.0493. The van der Waals surface area contributed by atoms with Gasteiger partial charge in [-0.2, -0.15) is 0 Å². The molecule has 1 saturated heterocycles. The molecule has 0 spiro atoms. The minimum Gasteiger partial charge on any atom is -0.493 e. The average molecular weight is 325 g/mol. The van der Waals surface area contributed by atoms with Crippen molar-refractivity contribution in [1.82, 2.24) is 4.90 Å². The van der Waals surface area contributed by atoms with Crippen molar-refractivity contribution in [2.75, 3.05) is 20.2 Å². The van der Waals surface area contributed by atoms with Gasteiger partial charge in [-0.25, -0.2) is 9.18 Å². The van der Waals surface area contributed by atoms with E-state index in [2.05, 4.69) is 0 Å². The molecule has 1 aromatic rings. The number of ether oxygens (including phenoxy) is 2. The molecule has 1 aromatic carbocycles. The molecule has 0 saturated carbocycles. The lowest BCUT2D eigenvalue weighted by Crippen LogP contribution is -2.38. The number of alkyl halides is 1. The van der Waals surface area contributed by atoms with Crippen LogP contribution < -0.4 is 9.47 Å². The van der Waals surface area contributed by atoms with Crippen molar-refractivity contribution < 1.29 is 28.6 Å². The number of nitrogens with zero attached hydrogens (tertiary/aromatic N) is 1. The molecule has 1 heterocycles. The molecule has 1 N–H and O–H groups in total. The van der Waals surface area contributed by atoms with Crippen LogP contribution in [0.25, 0.3) is 0 Å². The van der Waals surface area contributed by atoms with E-state index in [4.69, 9.17) is 14.6 Å². The first-order valence-corrected chi connectivity index (χ1v) is 7.33. The van der Waals surface area contributed by atoms with Crippen molar-refractivity contribution in [3.05, 3.63) is 23.8 Å². The molecule has 1 unspecified atom stereocenters. The third-order valence-corrected chi connectivity index (χ3v) is 3.66. The normalized spacial score (nSPS) is 20.7. The molecule has 1 amide bonds. The van der Waals surface area contributed by atoms with Gasteiger partial charge in [0.25, 0.3) is 5.91 Å². The maximum Gasteiger partial charge on any atom is 0.343 e. The molecular formula is C16H20FNO5. The van der Waals surface area contributed by atoms with Gasteiger partial charge in [-0.05, 0) is 32.0 Å². The molecule has 0 aliphatic carbocycles. The third kappa shape index (κ3) is 3.55. The van der Waals surface area contributed by atoms with Crippen LogP contribution in [0.2, 0.25) is 0 Å². The quantitative estimate of drug-likeness (QED) is 0.897. The number of carboxylic acid groups (broad SMARTS) is 1. The first-order valence-electron chi connectivity index (χ1n) is 7.33. The lowest BCUT2D eigenvalue weighted by molar-refractivity contribution is -0.149. The van der Waals surface area contributed by atoms with E-state index in [1.54, 1.807) is 12.1 Å².